The Morgan fingerprint density at radius 1 is 0.875 bits per heavy atom. The van der Waals surface area contributed by atoms with Gasteiger partial charge in [-0.1, -0.05) is 42.5 Å². The maximum atomic E-state index is 12.1. The summed E-state index contributed by atoms with van der Waals surface area (Å²) in [5.74, 6) is 0.708. The zero-order valence-electron chi connectivity index (χ0n) is 13.1. The molecule has 4 rings (SSSR count). The SMILES string of the molecule is COc1ccccc1Nc1cc(=O)oc2c1ccc1ccccc12. The number of anilines is 2. The van der Waals surface area contributed by atoms with Crippen molar-refractivity contribution < 1.29 is 9.15 Å². The average Bonchev–Trinajstić information content (AvgIpc) is 2.62. The van der Waals surface area contributed by atoms with Crippen LogP contribution in [0.5, 0.6) is 5.75 Å². The lowest BCUT2D eigenvalue weighted by molar-refractivity contribution is 0.417. The van der Waals surface area contributed by atoms with Gasteiger partial charge in [0.2, 0.25) is 0 Å². The van der Waals surface area contributed by atoms with Gasteiger partial charge in [0.1, 0.15) is 11.3 Å². The molecular weight excluding hydrogens is 302 g/mol. The molecule has 3 aromatic carbocycles. The van der Waals surface area contributed by atoms with E-state index in [1.807, 2.05) is 60.7 Å². The predicted octanol–water partition coefficient (Wildman–Crippen LogP) is 4.70. The van der Waals surface area contributed by atoms with Gasteiger partial charge in [-0.2, -0.15) is 0 Å². The molecule has 0 radical (unpaired) electrons. The Morgan fingerprint density at radius 3 is 2.54 bits per heavy atom. The fourth-order valence-corrected chi connectivity index (χ4v) is 2.89. The summed E-state index contributed by atoms with van der Waals surface area (Å²) >= 11 is 0. The molecule has 1 N–H and O–H groups in total. The second-order valence-electron chi connectivity index (χ2n) is 5.47. The van der Waals surface area contributed by atoms with Gasteiger partial charge in [0, 0.05) is 16.8 Å². The van der Waals surface area contributed by atoms with Gasteiger partial charge >= 0.3 is 5.63 Å². The third-order valence-electron chi connectivity index (χ3n) is 4.01. The standard InChI is InChI=1S/C20H15NO3/c1-23-18-9-5-4-8-16(18)21-17-12-19(22)24-20-14-7-3-2-6-13(14)10-11-15(17)20/h2-12,21H,1H3. The Labute approximate surface area is 138 Å². The second kappa shape index (κ2) is 5.74. The summed E-state index contributed by atoms with van der Waals surface area (Å²) in [5, 5.41) is 6.08. The number of fused-ring (bicyclic) bond motifs is 3. The molecule has 24 heavy (non-hydrogen) atoms. The first-order chi connectivity index (χ1) is 11.8. The number of hydrogen-bond acceptors (Lipinski definition) is 4. The van der Waals surface area contributed by atoms with E-state index in [2.05, 4.69) is 5.32 Å². The molecule has 118 valence electrons. The highest BCUT2D eigenvalue weighted by molar-refractivity contribution is 6.08. The first-order valence-electron chi connectivity index (χ1n) is 7.62. The van der Waals surface area contributed by atoms with Crippen molar-refractivity contribution in [3.63, 3.8) is 0 Å². The van der Waals surface area contributed by atoms with Gasteiger partial charge in [-0.25, -0.2) is 4.79 Å². The first-order valence-corrected chi connectivity index (χ1v) is 7.62. The lowest BCUT2D eigenvalue weighted by Gasteiger charge is -2.13. The molecule has 0 unspecified atom stereocenters. The van der Waals surface area contributed by atoms with Gasteiger partial charge in [0.25, 0.3) is 0 Å². The van der Waals surface area contributed by atoms with Gasteiger partial charge < -0.3 is 14.5 Å². The summed E-state index contributed by atoms with van der Waals surface area (Å²) < 4.78 is 10.8. The number of ether oxygens (including phenoxy) is 1. The predicted molar refractivity (Wildman–Crippen MR) is 96.3 cm³/mol. The Bertz CT molecular complexity index is 1100. The highest BCUT2D eigenvalue weighted by Gasteiger charge is 2.10. The van der Waals surface area contributed by atoms with Crippen LogP contribution in [0, 0.1) is 0 Å². The average molecular weight is 317 g/mol. The van der Waals surface area contributed by atoms with Crippen molar-refractivity contribution in [2.75, 3.05) is 12.4 Å². The van der Waals surface area contributed by atoms with Gasteiger partial charge in [0.05, 0.1) is 18.5 Å². The van der Waals surface area contributed by atoms with Crippen LogP contribution in [0.1, 0.15) is 0 Å². The summed E-state index contributed by atoms with van der Waals surface area (Å²) in [4.78, 5) is 12.1. The number of benzene rings is 3. The van der Waals surface area contributed by atoms with Crippen molar-refractivity contribution in [3.8, 4) is 5.75 Å². The molecule has 1 heterocycles. The number of nitrogens with one attached hydrogen (secondary N) is 1. The summed E-state index contributed by atoms with van der Waals surface area (Å²) in [6, 6.07) is 20.9. The fourth-order valence-electron chi connectivity index (χ4n) is 2.89. The van der Waals surface area contributed by atoms with Crippen molar-refractivity contribution in [3.05, 3.63) is 77.2 Å². The monoisotopic (exact) mass is 317 g/mol. The quantitative estimate of drug-likeness (QED) is 0.439. The summed E-state index contributed by atoms with van der Waals surface area (Å²) in [6.07, 6.45) is 0. The van der Waals surface area contributed by atoms with E-state index in [0.717, 1.165) is 21.8 Å². The number of para-hydroxylation sites is 2. The Morgan fingerprint density at radius 2 is 1.67 bits per heavy atom. The molecule has 4 nitrogen and oxygen atoms in total. The van der Waals surface area contributed by atoms with Crippen LogP contribution in [0.3, 0.4) is 0 Å². The van der Waals surface area contributed by atoms with Crippen LogP contribution in [-0.4, -0.2) is 7.11 Å². The lowest BCUT2D eigenvalue weighted by atomic mass is 10.1. The Hall–Kier alpha value is -3.27. The topological polar surface area (TPSA) is 51.5 Å². The van der Waals surface area contributed by atoms with Crippen molar-refractivity contribution in [2.45, 2.75) is 0 Å². The summed E-state index contributed by atoms with van der Waals surface area (Å²) in [5.41, 5.74) is 1.67. The molecule has 1 aromatic heterocycles. The molecule has 4 aromatic rings. The number of hydrogen-bond donors (Lipinski definition) is 1. The van der Waals surface area contributed by atoms with E-state index in [1.165, 1.54) is 6.07 Å². The van der Waals surface area contributed by atoms with E-state index < -0.39 is 5.63 Å². The van der Waals surface area contributed by atoms with E-state index in [0.29, 0.717) is 17.0 Å². The van der Waals surface area contributed by atoms with Crippen molar-refractivity contribution >= 4 is 33.1 Å². The first kappa shape index (κ1) is 14.3. The van der Waals surface area contributed by atoms with Crippen LogP contribution in [0.25, 0.3) is 21.7 Å². The molecular formula is C20H15NO3. The molecule has 4 heteroatoms. The Balaban J connectivity index is 1.95. The lowest BCUT2D eigenvalue weighted by Crippen LogP contribution is -2.02. The zero-order valence-corrected chi connectivity index (χ0v) is 13.1. The van der Waals surface area contributed by atoms with Gasteiger partial charge in [-0.15, -0.1) is 0 Å². The van der Waals surface area contributed by atoms with Crippen LogP contribution in [0.2, 0.25) is 0 Å². The fraction of sp³-hybridized carbons (Fsp3) is 0.0500. The van der Waals surface area contributed by atoms with Gasteiger partial charge in [0.15, 0.2) is 0 Å². The van der Waals surface area contributed by atoms with Gasteiger partial charge in [-0.05, 0) is 23.6 Å². The van der Waals surface area contributed by atoms with Crippen molar-refractivity contribution in [2.24, 2.45) is 0 Å². The minimum Gasteiger partial charge on any atom is -0.495 e. The van der Waals surface area contributed by atoms with Crippen LogP contribution in [-0.2, 0) is 0 Å². The summed E-state index contributed by atoms with van der Waals surface area (Å²) in [6.45, 7) is 0. The second-order valence-corrected chi connectivity index (χ2v) is 5.47. The van der Waals surface area contributed by atoms with Crippen LogP contribution >= 0.6 is 0 Å². The molecule has 0 spiro atoms. The highest BCUT2D eigenvalue weighted by Crippen LogP contribution is 2.33. The summed E-state index contributed by atoms with van der Waals surface area (Å²) in [7, 11) is 1.62. The molecule has 0 saturated carbocycles. The molecule has 0 aliphatic rings. The molecule has 0 bridgehead atoms. The van der Waals surface area contributed by atoms with E-state index in [-0.39, 0.29) is 0 Å². The van der Waals surface area contributed by atoms with E-state index in [1.54, 1.807) is 7.11 Å². The van der Waals surface area contributed by atoms with Crippen LogP contribution < -0.4 is 15.7 Å². The van der Waals surface area contributed by atoms with Crippen LogP contribution in [0.4, 0.5) is 11.4 Å². The number of rotatable bonds is 3. The minimum absolute atomic E-state index is 0.392. The highest BCUT2D eigenvalue weighted by atomic mass is 16.5. The minimum atomic E-state index is -0.392. The van der Waals surface area contributed by atoms with Gasteiger partial charge in [-0.3, -0.25) is 0 Å². The van der Waals surface area contributed by atoms with Crippen LogP contribution in [0.15, 0.2) is 75.9 Å². The molecule has 0 atom stereocenters. The number of methoxy groups -OCH3 is 1. The smallest absolute Gasteiger partial charge is 0.338 e. The third kappa shape index (κ3) is 2.38. The largest absolute Gasteiger partial charge is 0.495 e. The zero-order chi connectivity index (χ0) is 16.5. The van der Waals surface area contributed by atoms with E-state index in [9.17, 15) is 4.79 Å². The maximum Gasteiger partial charge on any atom is 0.338 e. The van der Waals surface area contributed by atoms with Crippen molar-refractivity contribution in [1.82, 2.24) is 0 Å². The van der Waals surface area contributed by atoms with Crippen molar-refractivity contribution in [1.29, 1.82) is 0 Å². The molecule has 0 aliphatic heterocycles. The van der Waals surface area contributed by atoms with E-state index >= 15 is 0 Å². The molecule has 0 aliphatic carbocycles. The molecule has 0 saturated heterocycles. The normalized spacial score (nSPS) is 10.9. The molecule has 0 fully saturated rings. The molecule has 0 amide bonds. The maximum absolute atomic E-state index is 12.1. The Kier molecular flexibility index (Phi) is 3.43. The third-order valence-corrected chi connectivity index (χ3v) is 4.01. The van der Waals surface area contributed by atoms with E-state index in [4.69, 9.17) is 9.15 Å².